The SMILES string of the molecule is CCCCOc1nc(N)c2nc(OC)n(C3CCCCO3)c2n1.[H-].[Na+]. The van der Waals surface area contributed by atoms with Crippen molar-refractivity contribution in [3.8, 4) is 12.0 Å². The van der Waals surface area contributed by atoms with E-state index in [1.807, 2.05) is 4.57 Å². The summed E-state index contributed by atoms with van der Waals surface area (Å²) in [7, 11) is 1.57. The topological polar surface area (TPSA) is 97.3 Å². The number of nitrogens with two attached hydrogens (primary N) is 1. The molecule has 9 heteroatoms. The zero-order valence-corrected chi connectivity index (χ0v) is 16.6. The molecule has 2 aromatic heterocycles. The molecule has 0 aromatic carbocycles. The molecule has 0 radical (unpaired) electrons. The first-order chi connectivity index (χ1) is 11.2. The fourth-order valence-electron chi connectivity index (χ4n) is 2.66. The Morgan fingerprint density at radius 2 is 2.17 bits per heavy atom. The summed E-state index contributed by atoms with van der Waals surface area (Å²) in [5.41, 5.74) is 7.13. The quantitative estimate of drug-likeness (QED) is 0.552. The Kier molecular flexibility index (Phi) is 7.09. The van der Waals surface area contributed by atoms with Crippen LogP contribution >= 0.6 is 0 Å². The van der Waals surface area contributed by atoms with Gasteiger partial charge in [0.25, 0.3) is 0 Å². The number of aromatic nitrogens is 4. The van der Waals surface area contributed by atoms with E-state index >= 15 is 0 Å². The first-order valence-corrected chi connectivity index (χ1v) is 8.08. The molecule has 2 aromatic rings. The standard InChI is InChI=1S/C15H23N5O3.Na.H/c1-3-4-8-23-14-18-12(16)11-13(19-14)20(15(17-11)21-2)10-7-5-6-9-22-10;;/h10H,3-9H2,1-2H3,(H2,16,18,19);;/q;+1;-1. The van der Waals surface area contributed by atoms with Crippen molar-refractivity contribution in [3.05, 3.63) is 0 Å². The van der Waals surface area contributed by atoms with E-state index in [0.29, 0.717) is 30.4 Å². The fraction of sp³-hybridized carbons (Fsp3) is 0.667. The van der Waals surface area contributed by atoms with Crippen LogP contribution in [-0.4, -0.2) is 39.8 Å². The third-order valence-corrected chi connectivity index (χ3v) is 3.87. The summed E-state index contributed by atoms with van der Waals surface area (Å²) < 4.78 is 18.7. The van der Waals surface area contributed by atoms with Gasteiger partial charge in [-0.2, -0.15) is 15.0 Å². The summed E-state index contributed by atoms with van der Waals surface area (Å²) in [6, 6.07) is 0.696. The molecule has 8 nitrogen and oxygen atoms in total. The molecule has 0 amide bonds. The summed E-state index contributed by atoms with van der Waals surface area (Å²) >= 11 is 0. The predicted molar refractivity (Wildman–Crippen MR) is 86.6 cm³/mol. The van der Waals surface area contributed by atoms with Gasteiger partial charge in [0.15, 0.2) is 17.0 Å². The van der Waals surface area contributed by atoms with Crippen molar-refractivity contribution in [1.29, 1.82) is 0 Å². The minimum atomic E-state index is -0.151. The number of unbranched alkanes of at least 4 members (excludes halogenated alkanes) is 1. The molecular weight excluding hydrogens is 321 g/mol. The van der Waals surface area contributed by atoms with Crippen molar-refractivity contribution < 1.29 is 45.2 Å². The number of fused-ring (bicyclic) bond motifs is 1. The number of methoxy groups -OCH3 is 1. The molecule has 1 unspecified atom stereocenters. The largest absolute Gasteiger partial charge is 1.00 e. The van der Waals surface area contributed by atoms with Gasteiger partial charge in [0.2, 0.25) is 0 Å². The van der Waals surface area contributed by atoms with Crippen molar-refractivity contribution in [2.45, 2.75) is 45.3 Å². The van der Waals surface area contributed by atoms with E-state index in [1.54, 1.807) is 7.11 Å². The maximum atomic E-state index is 6.02. The molecule has 24 heavy (non-hydrogen) atoms. The predicted octanol–water partition coefficient (Wildman–Crippen LogP) is -0.588. The average molecular weight is 345 g/mol. The number of nitrogens with zero attached hydrogens (tertiary/aromatic N) is 4. The minimum absolute atomic E-state index is 0. The van der Waals surface area contributed by atoms with Gasteiger partial charge in [0.1, 0.15) is 6.23 Å². The zero-order chi connectivity index (χ0) is 16.2. The molecule has 1 fully saturated rings. The Bertz CT molecular complexity index is 679. The minimum Gasteiger partial charge on any atom is -1.00 e. The second kappa shape index (κ2) is 8.84. The third-order valence-electron chi connectivity index (χ3n) is 3.87. The van der Waals surface area contributed by atoms with Crippen LogP contribution in [0.1, 0.15) is 46.7 Å². The van der Waals surface area contributed by atoms with Gasteiger partial charge in [0.05, 0.1) is 13.7 Å². The van der Waals surface area contributed by atoms with E-state index in [2.05, 4.69) is 21.9 Å². The average Bonchev–Trinajstić information content (AvgIpc) is 2.95. The van der Waals surface area contributed by atoms with E-state index in [-0.39, 0.29) is 49.0 Å². The van der Waals surface area contributed by atoms with E-state index in [4.69, 9.17) is 19.9 Å². The first kappa shape index (κ1) is 19.2. The van der Waals surface area contributed by atoms with Gasteiger partial charge in [-0.05, 0) is 25.7 Å². The maximum absolute atomic E-state index is 6.02. The van der Waals surface area contributed by atoms with Gasteiger partial charge < -0.3 is 21.4 Å². The van der Waals surface area contributed by atoms with E-state index in [0.717, 1.165) is 32.1 Å². The number of anilines is 1. The molecule has 3 rings (SSSR count). The van der Waals surface area contributed by atoms with E-state index < -0.39 is 0 Å². The zero-order valence-electron chi connectivity index (χ0n) is 15.6. The monoisotopic (exact) mass is 345 g/mol. The molecule has 128 valence electrons. The third kappa shape index (κ3) is 3.93. The molecule has 1 aliphatic rings. The van der Waals surface area contributed by atoms with Crippen LogP contribution in [0, 0.1) is 0 Å². The van der Waals surface area contributed by atoms with Crippen molar-refractivity contribution in [1.82, 2.24) is 19.5 Å². The summed E-state index contributed by atoms with van der Waals surface area (Å²) in [5.74, 6) is 0.286. The van der Waals surface area contributed by atoms with Crippen molar-refractivity contribution in [2.75, 3.05) is 26.1 Å². The number of nitrogen functional groups attached to an aromatic ring is 1. The summed E-state index contributed by atoms with van der Waals surface area (Å²) in [5, 5.41) is 0. The Labute approximate surface area is 164 Å². The van der Waals surface area contributed by atoms with Gasteiger partial charge in [-0.25, -0.2) is 0 Å². The number of rotatable bonds is 6. The van der Waals surface area contributed by atoms with Gasteiger partial charge in [-0.15, -0.1) is 0 Å². The molecule has 0 bridgehead atoms. The van der Waals surface area contributed by atoms with Gasteiger partial charge in [-0.3, -0.25) is 4.57 Å². The second-order valence-electron chi connectivity index (χ2n) is 5.56. The number of imidazole rings is 1. The van der Waals surface area contributed by atoms with Gasteiger partial charge in [-0.1, -0.05) is 13.3 Å². The van der Waals surface area contributed by atoms with Gasteiger partial charge >= 0.3 is 41.6 Å². The molecule has 1 saturated heterocycles. The number of ether oxygens (including phenoxy) is 3. The van der Waals surface area contributed by atoms with Crippen molar-refractivity contribution in [2.24, 2.45) is 0 Å². The van der Waals surface area contributed by atoms with E-state index in [1.165, 1.54) is 0 Å². The molecule has 0 aliphatic carbocycles. The molecule has 1 aliphatic heterocycles. The van der Waals surface area contributed by atoms with Crippen molar-refractivity contribution >= 4 is 17.0 Å². The van der Waals surface area contributed by atoms with Crippen LogP contribution < -0.4 is 44.8 Å². The van der Waals surface area contributed by atoms with Crippen LogP contribution in [0.25, 0.3) is 11.2 Å². The van der Waals surface area contributed by atoms with Crippen LogP contribution in [-0.2, 0) is 4.74 Å². The number of hydrogen-bond donors (Lipinski definition) is 1. The Morgan fingerprint density at radius 3 is 2.83 bits per heavy atom. The van der Waals surface area contributed by atoms with Crippen molar-refractivity contribution in [3.63, 3.8) is 0 Å². The number of hydrogen-bond acceptors (Lipinski definition) is 7. The Balaban J connectivity index is 0.00000156. The van der Waals surface area contributed by atoms with Crippen LogP contribution in [0.5, 0.6) is 12.0 Å². The normalized spacial score (nSPS) is 17.5. The molecule has 0 spiro atoms. The summed E-state index contributed by atoms with van der Waals surface area (Å²) in [6.07, 6.45) is 4.87. The summed E-state index contributed by atoms with van der Waals surface area (Å²) in [4.78, 5) is 13.1. The second-order valence-corrected chi connectivity index (χ2v) is 5.56. The Hall–Kier alpha value is -1.09. The fourth-order valence-corrected chi connectivity index (χ4v) is 2.66. The molecule has 1 atom stereocenters. The summed E-state index contributed by atoms with van der Waals surface area (Å²) in [6.45, 7) is 3.38. The molecule has 3 heterocycles. The van der Waals surface area contributed by atoms with Crippen LogP contribution in [0.4, 0.5) is 5.82 Å². The van der Waals surface area contributed by atoms with Crippen LogP contribution in [0.2, 0.25) is 0 Å². The molecular formula is C15H24N5NaO3. The molecule has 0 saturated carbocycles. The van der Waals surface area contributed by atoms with Crippen LogP contribution in [0.15, 0.2) is 0 Å². The van der Waals surface area contributed by atoms with Crippen LogP contribution in [0.3, 0.4) is 0 Å². The van der Waals surface area contributed by atoms with Gasteiger partial charge in [0, 0.05) is 6.61 Å². The molecule has 2 N–H and O–H groups in total. The Morgan fingerprint density at radius 1 is 1.33 bits per heavy atom. The smallest absolute Gasteiger partial charge is 1.00 e. The maximum Gasteiger partial charge on any atom is 1.00 e. The van der Waals surface area contributed by atoms with E-state index in [9.17, 15) is 0 Å². The first-order valence-electron chi connectivity index (χ1n) is 8.08.